The van der Waals surface area contributed by atoms with Crippen molar-refractivity contribution >= 4 is 21.6 Å². The third-order valence-corrected chi connectivity index (χ3v) is 5.32. The predicted molar refractivity (Wildman–Crippen MR) is 71.3 cm³/mol. The van der Waals surface area contributed by atoms with Crippen LogP contribution >= 0.6 is 11.8 Å². The highest BCUT2D eigenvalue weighted by Gasteiger charge is 2.14. The first-order chi connectivity index (χ1) is 8.05. The van der Waals surface area contributed by atoms with E-state index in [1.807, 2.05) is 23.9 Å². The molecule has 3 nitrogen and oxygen atoms in total. The Bertz CT molecular complexity index is 462. The summed E-state index contributed by atoms with van der Waals surface area (Å²) in [5.74, 6) is 0. The zero-order valence-corrected chi connectivity index (χ0v) is 11.5. The summed E-state index contributed by atoms with van der Waals surface area (Å²) in [6, 6.07) is 7.20. The molecule has 0 aromatic heterocycles. The SMILES string of the molecule is CS(=O)(=O)c1ccc(SC2CCNCC2)cc1. The van der Waals surface area contributed by atoms with Crippen LogP contribution in [0.1, 0.15) is 12.8 Å². The highest BCUT2D eigenvalue weighted by atomic mass is 32.2. The third-order valence-electron chi connectivity index (χ3n) is 2.84. The van der Waals surface area contributed by atoms with Crippen LogP contribution < -0.4 is 5.32 Å². The number of nitrogens with one attached hydrogen (secondary N) is 1. The lowest BCUT2D eigenvalue weighted by atomic mass is 10.2. The fourth-order valence-electron chi connectivity index (χ4n) is 1.87. The van der Waals surface area contributed by atoms with E-state index in [1.165, 1.54) is 19.1 Å². The molecule has 1 N–H and O–H groups in total. The second-order valence-corrected chi connectivity index (χ2v) is 7.70. The average molecular weight is 271 g/mol. The van der Waals surface area contributed by atoms with E-state index in [2.05, 4.69) is 5.32 Å². The van der Waals surface area contributed by atoms with Crippen molar-refractivity contribution in [2.75, 3.05) is 19.3 Å². The zero-order valence-electron chi connectivity index (χ0n) is 9.85. The van der Waals surface area contributed by atoms with Crippen LogP contribution in [0, 0.1) is 0 Å². The molecule has 0 amide bonds. The lowest BCUT2D eigenvalue weighted by Gasteiger charge is -2.21. The molecule has 1 aliphatic heterocycles. The van der Waals surface area contributed by atoms with Crippen LogP contribution in [-0.4, -0.2) is 33.0 Å². The molecule has 0 aliphatic carbocycles. The van der Waals surface area contributed by atoms with Crippen LogP contribution in [-0.2, 0) is 9.84 Å². The molecule has 1 aromatic carbocycles. The molecule has 1 aromatic rings. The Morgan fingerprint density at radius 1 is 1.18 bits per heavy atom. The van der Waals surface area contributed by atoms with Gasteiger partial charge in [-0.05, 0) is 50.2 Å². The van der Waals surface area contributed by atoms with Crippen LogP contribution in [0.4, 0.5) is 0 Å². The van der Waals surface area contributed by atoms with E-state index in [0.29, 0.717) is 10.1 Å². The van der Waals surface area contributed by atoms with Crippen molar-refractivity contribution in [3.63, 3.8) is 0 Å². The smallest absolute Gasteiger partial charge is 0.175 e. The summed E-state index contributed by atoms with van der Waals surface area (Å²) in [7, 11) is -3.07. The summed E-state index contributed by atoms with van der Waals surface area (Å²) in [6.45, 7) is 2.16. The average Bonchev–Trinajstić information content (AvgIpc) is 2.30. The molecule has 2 rings (SSSR count). The van der Waals surface area contributed by atoms with Gasteiger partial charge in [-0.15, -0.1) is 11.8 Å². The topological polar surface area (TPSA) is 46.2 Å². The van der Waals surface area contributed by atoms with Gasteiger partial charge >= 0.3 is 0 Å². The van der Waals surface area contributed by atoms with Crippen molar-refractivity contribution in [2.24, 2.45) is 0 Å². The first-order valence-corrected chi connectivity index (χ1v) is 8.50. The van der Waals surface area contributed by atoms with Crippen molar-refractivity contribution < 1.29 is 8.42 Å². The number of sulfone groups is 1. The van der Waals surface area contributed by atoms with E-state index < -0.39 is 9.84 Å². The monoisotopic (exact) mass is 271 g/mol. The van der Waals surface area contributed by atoms with E-state index in [0.717, 1.165) is 18.0 Å². The second-order valence-electron chi connectivity index (χ2n) is 4.31. The Balaban J connectivity index is 2.03. The Morgan fingerprint density at radius 3 is 2.29 bits per heavy atom. The van der Waals surface area contributed by atoms with Gasteiger partial charge in [-0.25, -0.2) is 8.42 Å². The molecule has 0 radical (unpaired) electrons. The van der Waals surface area contributed by atoms with Gasteiger partial charge in [-0.2, -0.15) is 0 Å². The number of thioether (sulfide) groups is 1. The summed E-state index contributed by atoms with van der Waals surface area (Å²) >= 11 is 1.85. The van der Waals surface area contributed by atoms with Crippen molar-refractivity contribution in [3.05, 3.63) is 24.3 Å². The molecule has 1 aliphatic rings. The molecule has 0 spiro atoms. The molecule has 0 unspecified atom stereocenters. The van der Waals surface area contributed by atoms with E-state index in [9.17, 15) is 8.42 Å². The molecule has 0 saturated carbocycles. The van der Waals surface area contributed by atoms with Crippen molar-refractivity contribution in [1.82, 2.24) is 5.32 Å². The first kappa shape index (κ1) is 12.9. The minimum absolute atomic E-state index is 0.396. The Labute approximate surface area is 107 Å². The molecular formula is C12H17NO2S2. The van der Waals surface area contributed by atoms with Gasteiger partial charge in [-0.3, -0.25) is 0 Å². The van der Waals surface area contributed by atoms with Gasteiger partial charge in [0.05, 0.1) is 4.90 Å². The van der Waals surface area contributed by atoms with Crippen LogP contribution in [0.3, 0.4) is 0 Å². The normalized spacial score (nSPS) is 18.2. The standard InChI is InChI=1S/C12H17NO2S2/c1-17(14,15)12-4-2-10(3-5-12)16-11-6-8-13-9-7-11/h2-5,11,13H,6-9H2,1H3. The number of rotatable bonds is 3. The van der Waals surface area contributed by atoms with Gasteiger partial charge in [0.2, 0.25) is 0 Å². The molecule has 5 heteroatoms. The fourth-order valence-corrected chi connectivity index (χ4v) is 3.65. The van der Waals surface area contributed by atoms with Crippen LogP contribution in [0.25, 0.3) is 0 Å². The van der Waals surface area contributed by atoms with E-state index in [1.54, 1.807) is 12.1 Å². The van der Waals surface area contributed by atoms with Crippen molar-refractivity contribution in [2.45, 2.75) is 27.9 Å². The Hall–Kier alpha value is -0.520. The van der Waals surface area contributed by atoms with Crippen molar-refractivity contribution in [3.8, 4) is 0 Å². The van der Waals surface area contributed by atoms with E-state index >= 15 is 0 Å². The Morgan fingerprint density at radius 2 is 1.76 bits per heavy atom. The molecule has 94 valence electrons. The maximum Gasteiger partial charge on any atom is 0.175 e. The van der Waals surface area contributed by atoms with Crippen molar-refractivity contribution in [1.29, 1.82) is 0 Å². The minimum Gasteiger partial charge on any atom is -0.317 e. The highest BCUT2D eigenvalue weighted by molar-refractivity contribution is 8.00. The quantitative estimate of drug-likeness (QED) is 0.912. The molecule has 1 heterocycles. The van der Waals surface area contributed by atoms with E-state index in [4.69, 9.17) is 0 Å². The zero-order chi connectivity index (χ0) is 12.3. The summed E-state index contributed by atoms with van der Waals surface area (Å²) in [5, 5.41) is 3.99. The lowest BCUT2D eigenvalue weighted by molar-refractivity contribution is 0.531. The lowest BCUT2D eigenvalue weighted by Crippen LogP contribution is -2.29. The predicted octanol–water partition coefficient (Wildman–Crippen LogP) is 1.93. The minimum atomic E-state index is -3.07. The van der Waals surface area contributed by atoms with Crippen LogP contribution in [0.15, 0.2) is 34.1 Å². The number of hydrogen-bond acceptors (Lipinski definition) is 4. The highest BCUT2D eigenvalue weighted by Crippen LogP contribution is 2.29. The van der Waals surface area contributed by atoms with E-state index in [-0.39, 0.29) is 0 Å². The number of piperidine rings is 1. The van der Waals surface area contributed by atoms with Crippen LogP contribution in [0.2, 0.25) is 0 Å². The number of benzene rings is 1. The molecule has 1 saturated heterocycles. The van der Waals surface area contributed by atoms with Gasteiger partial charge in [0.15, 0.2) is 9.84 Å². The maximum atomic E-state index is 11.3. The van der Waals surface area contributed by atoms with Gasteiger partial charge in [0.1, 0.15) is 0 Å². The molecule has 0 atom stereocenters. The fraction of sp³-hybridized carbons (Fsp3) is 0.500. The van der Waals surface area contributed by atoms with Gasteiger partial charge < -0.3 is 5.32 Å². The Kier molecular flexibility index (Phi) is 4.12. The summed E-state index contributed by atoms with van der Waals surface area (Å²) in [6.07, 6.45) is 3.60. The summed E-state index contributed by atoms with van der Waals surface area (Å²) in [4.78, 5) is 1.55. The summed E-state index contributed by atoms with van der Waals surface area (Å²) < 4.78 is 22.6. The van der Waals surface area contributed by atoms with Crippen LogP contribution in [0.5, 0.6) is 0 Å². The second kappa shape index (κ2) is 5.42. The van der Waals surface area contributed by atoms with Gasteiger partial charge in [-0.1, -0.05) is 0 Å². The maximum absolute atomic E-state index is 11.3. The largest absolute Gasteiger partial charge is 0.317 e. The van der Waals surface area contributed by atoms with Gasteiger partial charge in [0, 0.05) is 16.4 Å². The summed E-state index contributed by atoms with van der Waals surface area (Å²) in [5.41, 5.74) is 0. The molecule has 0 bridgehead atoms. The first-order valence-electron chi connectivity index (χ1n) is 5.73. The molecule has 17 heavy (non-hydrogen) atoms. The van der Waals surface area contributed by atoms with Gasteiger partial charge in [0.25, 0.3) is 0 Å². The molecular weight excluding hydrogens is 254 g/mol. The molecule has 1 fully saturated rings. The third kappa shape index (κ3) is 3.72. The number of hydrogen-bond donors (Lipinski definition) is 1.